The Morgan fingerprint density at radius 1 is 1.00 bits per heavy atom. The predicted molar refractivity (Wildman–Crippen MR) is 68.2 cm³/mol. The van der Waals surface area contributed by atoms with Crippen molar-refractivity contribution < 1.29 is 22.0 Å². The van der Waals surface area contributed by atoms with Crippen LogP contribution in [0.25, 0.3) is 0 Å². The van der Waals surface area contributed by atoms with Crippen molar-refractivity contribution in [1.82, 2.24) is 10.2 Å². The summed E-state index contributed by atoms with van der Waals surface area (Å²) in [5, 5.41) is 3.21. The zero-order valence-electron chi connectivity index (χ0n) is 11.7. The summed E-state index contributed by atoms with van der Waals surface area (Å²) in [5.41, 5.74) is -0.780. The summed E-state index contributed by atoms with van der Waals surface area (Å²) in [7, 11) is 1.60. The Bertz CT molecular complexity index is 486. The lowest BCUT2D eigenvalue weighted by Gasteiger charge is -2.27. The van der Waals surface area contributed by atoms with Crippen molar-refractivity contribution in [2.24, 2.45) is 5.92 Å². The lowest BCUT2D eigenvalue weighted by atomic mass is 9.99. The molecule has 0 spiro atoms. The lowest BCUT2D eigenvalue weighted by Crippen LogP contribution is -2.37. The third-order valence-electron chi connectivity index (χ3n) is 3.70. The van der Waals surface area contributed by atoms with E-state index in [0.717, 1.165) is 25.9 Å². The molecule has 1 saturated heterocycles. The number of hydrogen-bond acceptors (Lipinski definition) is 2. The van der Waals surface area contributed by atoms with Crippen molar-refractivity contribution in [3.63, 3.8) is 0 Å². The van der Waals surface area contributed by atoms with E-state index in [1.165, 1.54) is 0 Å². The molecule has 118 valence electrons. The number of piperidine rings is 1. The molecule has 1 aliphatic rings. The van der Waals surface area contributed by atoms with Gasteiger partial charge in [0.2, 0.25) is 5.82 Å². The first-order chi connectivity index (χ1) is 9.91. The molecule has 2 nitrogen and oxygen atoms in total. The average Bonchev–Trinajstić information content (AvgIpc) is 2.48. The van der Waals surface area contributed by atoms with Gasteiger partial charge in [-0.2, -0.15) is 0 Å². The fourth-order valence-corrected chi connectivity index (χ4v) is 2.64. The van der Waals surface area contributed by atoms with Gasteiger partial charge in [0.25, 0.3) is 0 Å². The maximum absolute atomic E-state index is 13.6. The topological polar surface area (TPSA) is 15.3 Å². The van der Waals surface area contributed by atoms with Crippen LogP contribution in [-0.2, 0) is 6.54 Å². The minimum atomic E-state index is -2.12. The summed E-state index contributed by atoms with van der Waals surface area (Å²) in [6.45, 7) is 1.95. The van der Waals surface area contributed by atoms with Crippen molar-refractivity contribution in [3.8, 4) is 0 Å². The zero-order valence-corrected chi connectivity index (χ0v) is 11.7. The first-order valence-electron chi connectivity index (χ1n) is 6.81. The van der Waals surface area contributed by atoms with Gasteiger partial charge in [-0.05, 0) is 38.9 Å². The summed E-state index contributed by atoms with van der Waals surface area (Å²) in [5.74, 6) is -9.09. The molecule has 1 aromatic carbocycles. The first-order valence-corrected chi connectivity index (χ1v) is 6.81. The maximum Gasteiger partial charge on any atom is 0.200 e. The van der Waals surface area contributed by atoms with Crippen LogP contribution < -0.4 is 5.32 Å². The van der Waals surface area contributed by atoms with Crippen molar-refractivity contribution >= 4 is 0 Å². The van der Waals surface area contributed by atoms with Crippen LogP contribution in [0, 0.1) is 35.0 Å². The molecule has 1 aliphatic heterocycles. The highest BCUT2D eigenvalue weighted by molar-refractivity contribution is 5.24. The van der Waals surface area contributed by atoms with Gasteiger partial charge < -0.3 is 10.2 Å². The van der Waals surface area contributed by atoms with Gasteiger partial charge in [0.05, 0.1) is 0 Å². The standard InChI is InChI=1S/C14H17F5N2/c1-21(6-8-3-2-4-20-5-8)7-9-10(15)12(17)14(19)13(18)11(9)16/h8,20H,2-7H2,1H3. The van der Waals surface area contributed by atoms with E-state index in [1.54, 1.807) is 11.9 Å². The Morgan fingerprint density at radius 3 is 2.10 bits per heavy atom. The van der Waals surface area contributed by atoms with Gasteiger partial charge in [-0.15, -0.1) is 0 Å². The van der Waals surface area contributed by atoms with Crippen molar-refractivity contribution in [3.05, 3.63) is 34.6 Å². The molecule has 0 aromatic heterocycles. The van der Waals surface area contributed by atoms with Crippen molar-refractivity contribution in [1.29, 1.82) is 0 Å². The fraction of sp³-hybridized carbons (Fsp3) is 0.571. The quantitative estimate of drug-likeness (QED) is 0.523. The smallest absolute Gasteiger partial charge is 0.200 e. The minimum absolute atomic E-state index is 0.310. The highest BCUT2D eigenvalue weighted by atomic mass is 19.2. The van der Waals surface area contributed by atoms with Gasteiger partial charge >= 0.3 is 0 Å². The van der Waals surface area contributed by atoms with Crippen LogP contribution in [0.15, 0.2) is 0 Å². The van der Waals surface area contributed by atoms with E-state index < -0.39 is 34.6 Å². The number of rotatable bonds is 4. The van der Waals surface area contributed by atoms with Crippen molar-refractivity contribution in [2.45, 2.75) is 19.4 Å². The molecule has 1 fully saturated rings. The molecule has 7 heteroatoms. The van der Waals surface area contributed by atoms with E-state index in [-0.39, 0.29) is 6.54 Å². The van der Waals surface area contributed by atoms with Gasteiger partial charge in [-0.25, -0.2) is 22.0 Å². The Labute approximate surface area is 119 Å². The van der Waals surface area contributed by atoms with Crippen LogP contribution in [0.2, 0.25) is 0 Å². The number of nitrogens with zero attached hydrogens (tertiary/aromatic N) is 1. The Morgan fingerprint density at radius 2 is 1.57 bits per heavy atom. The summed E-state index contributed by atoms with van der Waals surface area (Å²) in [6.07, 6.45) is 2.00. The molecule has 0 saturated carbocycles. The van der Waals surface area contributed by atoms with Crippen LogP contribution in [-0.4, -0.2) is 31.6 Å². The molecule has 0 radical (unpaired) electrons. The normalized spacial score (nSPS) is 19.3. The number of benzene rings is 1. The van der Waals surface area contributed by atoms with E-state index in [0.29, 0.717) is 12.5 Å². The highest BCUT2D eigenvalue weighted by Gasteiger charge is 2.26. The Balaban J connectivity index is 2.11. The van der Waals surface area contributed by atoms with Gasteiger partial charge in [-0.3, -0.25) is 0 Å². The molecule has 1 N–H and O–H groups in total. The molecule has 0 bridgehead atoms. The molecule has 1 atom stereocenters. The average molecular weight is 308 g/mol. The highest BCUT2D eigenvalue weighted by Crippen LogP contribution is 2.24. The molecule has 1 unspecified atom stereocenters. The van der Waals surface area contributed by atoms with Crippen LogP contribution in [0.1, 0.15) is 18.4 Å². The lowest BCUT2D eigenvalue weighted by molar-refractivity contribution is 0.229. The second-order valence-corrected chi connectivity index (χ2v) is 5.46. The second kappa shape index (κ2) is 6.70. The monoisotopic (exact) mass is 308 g/mol. The SMILES string of the molecule is CN(Cc1c(F)c(F)c(F)c(F)c1F)CC1CCCNC1. The molecule has 1 aromatic rings. The van der Waals surface area contributed by atoms with Crippen LogP contribution in [0.4, 0.5) is 22.0 Å². The van der Waals surface area contributed by atoms with E-state index in [9.17, 15) is 22.0 Å². The largest absolute Gasteiger partial charge is 0.316 e. The van der Waals surface area contributed by atoms with Crippen LogP contribution >= 0.6 is 0 Å². The molecular weight excluding hydrogens is 291 g/mol. The van der Waals surface area contributed by atoms with Crippen LogP contribution in [0.3, 0.4) is 0 Å². The Kier molecular flexibility index (Phi) is 5.16. The summed E-state index contributed by atoms with van der Waals surface area (Å²) >= 11 is 0. The number of hydrogen-bond donors (Lipinski definition) is 1. The molecule has 1 heterocycles. The predicted octanol–water partition coefficient (Wildman–Crippen LogP) is 2.81. The summed E-state index contributed by atoms with van der Waals surface area (Å²) < 4.78 is 66.4. The Hall–Kier alpha value is -1.21. The number of halogens is 5. The maximum atomic E-state index is 13.6. The van der Waals surface area contributed by atoms with E-state index >= 15 is 0 Å². The summed E-state index contributed by atoms with van der Waals surface area (Å²) in [4.78, 5) is 1.58. The molecule has 0 aliphatic carbocycles. The van der Waals surface area contributed by atoms with Gasteiger partial charge in [-0.1, -0.05) is 0 Å². The third-order valence-corrected chi connectivity index (χ3v) is 3.70. The molecular formula is C14H17F5N2. The second-order valence-electron chi connectivity index (χ2n) is 5.46. The fourth-order valence-electron chi connectivity index (χ4n) is 2.64. The molecule has 0 amide bonds. The van der Waals surface area contributed by atoms with E-state index in [4.69, 9.17) is 0 Å². The van der Waals surface area contributed by atoms with Gasteiger partial charge in [0.15, 0.2) is 23.3 Å². The third kappa shape index (κ3) is 3.52. The van der Waals surface area contributed by atoms with E-state index in [2.05, 4.69) is 5.32 Å². The van der Waals surface area contributed by atoms with Gasteiger partial charge in [0, 0.05) is 18.7 Å². The molecule has 21 heavy (non-hydrogen) atoms. The first kappa shape index (κ1) is 16.2. The zero-order chi connectivity index (χ0) is 15.6. The van der Waals surface area contributed by atoms with Crippen LogP contribution in [0.5, 0.6) is 0 Å². The molecule has 2 rings (SSSR count). The summed E-state index contributed by atoms with van der Waals surface area (Å²) in [6, 6.07) is 0. The minimum Gasteiger partial charge on any atom is -0.316 e. The van der Waals surface area contributed by atoms with E-state index in [1.807, 2.05) is 0 Å². The number of nitrogens with one attached hydrogen (secondary N) is 1. The van der Waals surface area contributed by atoms with Crippen molar-refractivity contribution in [2.75, 3.05) is 26.7 Å². The van der Waals surface area contributed by atoms with Gasteiger partial charge in [0.1, 0.15) is 0 Å².